The molecule has 5 heteroatoms. The molecule has 0 saturated carbocycles. The van der Waals surface area contributed by atoms with Crippen LogP contribution in [0.25, 0.3) is 0 Å². The van der Waals surface area contributed by atoms with Crippen molar-refractivity contribution in [3.63, 3.8) is 0 Å². The van der Waals surface area contributed by atoms with Crippen LogP contribution in [0.5, 0.6) is 5.75 Å². The minimum atomic E-state index is -0.872. The predicted octanol–water partition coefficient (Wildman–Crippen LogP) is 4.47. The van der Waals surface area contributed by atoms with Gasteiger partial charge in [-0.1, -0.05) is 54.6 Å². The molecule has 1 N–H and O–H groups in total. The molecule has 170 valence electrons. The van der Waals surface area contributed by atoms with Crippen molar-refractivity contribution in [2.24, 2.45) is 0 Å². The molecule has 0 radical (unpaired) electrons. The summed E-state index contributed by atoms with van der Waals surface area (Å²) in [5.74, 6) is 0.0716. The molecule has 2 bridgehead atoms. The number of carboxylic acids is 1. The summed E-state index contributed by atoms with van der Waals surface area (Å²) in [6, 6.07) is 27.4. The fourth-order valence-electron chi connectivity index (χ4n) is 5.11. The summed E-state index contributed by atoms with van der Waals surface area (Å²) in [4.78, 5) is 16.2. The second-order valence-electron chi connectivity index (χ2n) is 9.14. The van der Waals surface area contributed by atoms with Crippen LogP contribution in [0, 0.1) is 0 Å². The molecule has 0 unspecified atom stereocenters. The van der Waals surface area contributed by atoms with Crippen LogP contribution in [0.1, 0.15) is 33.5 Å². The summed E-state index contributed by atoms with van der Waals surface area (Å²) in [5, 5.41) is 9.08. The SMILES string of the molecule is O=C(O)c1ccc(CN2C[C@@H]3C[C@H]2CN3Cc2cccc(OCCc3ccccc3)c2)cc1. The molecule has 0 aromatic heterocycles. The molecular weight excluding hydrogens is 412 g/mol. The first kappa shape index (κ1) is 21.7. The zero-order valence-electron chi connectivity index (χ0n) is 18.8. The van der Waals surface area contributed by atoms with Crippen LogP contribution in [-0.4, -0.2) is 52.7 Å². The number of carboxylic acid groups (broad SMARTS) is 1. The van der Waals surface area contributed by atoms with Crippen molar-refractivity contribution in [1.29, 1.82) is 0 Å². The third kappa shape index (κ3) is 5.27. The quantitative estimate of drug-likeness (QED) is 0.530. The highest BCUT2D eigenvalue weighted by Crippen LogP contribution is 2.33. The maximum Gasteiger partial charge on any atom is 0.335 e. The average Bonchev–Trinajstić information content (AvgIpc) is 3.40. The number of hydrogen-bond donors (Lipinski definition) is 1. The molecule has 2 saturated heterocycles. The van der Waals surface area contributed by atoms with E-state index in [0.717, 1.165) is 38.3 Å². The monoisotopic (exact) mass is 442 g/mol. The molecule has 2 aliphatic rings. The minimum Gasteiger partial charge on any atom is -0.493 e. The number of piperazine rings is 1. The molecule has 2 heterocycles. The largest absolute Gasteiger partial charge is 0.493 e. The summed E-state index contributed by atoms with van der Waals surface area (Å²) in [5.41, 5.74) is 4.12. The molecule has 0 aliphatic carbocycles. The summed E-state index contributed by atoms with van der Waals surface area (Å²) >= 11 is 0. The second kappa shape index (κ2) is 9.77. The Bertz CT molecular complexity index is 1080. The van der Waals surface area contributed by atoms with Crippen LogP contribution >= 0.6 is 0 Å². The molecule has 2 aliphatic heterocycles. The summed E-state index contributed by atoms with van der Waals surface area (Å²) in [6.07, 6.45) is 2.12. The normalized spacial score (nSPS) is 20.2. The smallest absolute Gasteiger partial charge is 0.335 e. The number of rotatable bonds is 9. The number of hydrogen-bond acceptors (Lipinski definition) is 4. The molecule has 2 atom stereocenters. The van der Waals surface area contributed by atoms with Gasteiger partial charge in [-0.15, -0.1) is 0 Å². The predicted molar refractivity (Wildman–Crippen MR) is 128 cm³/mol. The Morgan fingerprint density at radius 1 is 0.818 bits per heavy atom. The third-order valence-electron chi connectivity index (χ3n) is 6.84. The van der Waals surface area contributed by atoms with Crippen LogP contribution < -0.4 is 4.74 Å². The molecule has 2 fully saturated rings. The number of likely N-dealkylation sites (tertiary alicyclic amines) is 2. The van der Waals surface area contributed by atoms with E-state index in [1.54, 1.807) is 12.1 Å². The van der Waals surface area contributed by atoms with E-state index in [1.165, 1.54) is 23.1 Å². The lowest BCUT2D eigenvalue weighted by molar-refractivity contribution is 0.0697. The van der Waals surface area contributed by atoms with Gasteiger partial charge in [0.1, 0.15) is 5.75 Å². The van der Waals surface area contributed by atoms with Crippen molar-refractivity contribution in [2.75, 3.05) is 19.7 Å². The zero-order chi connectivity index (χ0) is 22.6. The van der Waals surface area contributed by atoms with Gasteiger partial charge in [0.05, 0.1) is 12.2 Å². The maximum atomic E-state index is 11.1. The van der Waals surface area contributed by atoms with Gasteiger partial charge < -0.3 is 9.84 Å². The standard InChI is InChI=1S/C28H30N2O3/c31-28(32)24-11-9-22(10-12-24)17-29-19-26-16-25(29)20-30(26)18-23-7-4-8-27(15-23)33-14-13-21-5-2-1-3-6-21/h1-12,15,25-26H,13-14,16-20H2,(H,31,32)/t25-,26-/m0/s1. The summed E-state index contributed by atoms with van der Waals surface area (Å²) < 4.78 is 6.02. The Morgan fingerprint density at radius 3 is 2.15 bits per heavy atom. The number of carbonyl (C=O) groups is 1. The second-order valence-corrected chi connectivity index (χ2v) is 9.14. The molecule has 0 amide bonds. The van der Waals surface area contributed by atoms with Crippen molar-refractivity contribution in [3.05, 3.63) is 101 Å². The minimum absolute atomic E-state index is 0.346. The van der Waals surface area contributed by atoms with E-state index >= 15 is 0 Å². The Balaban J connectivity index is 1.11. The van der Waals surface area contributed by atoms with Crippen LogP contribution in [0.4, 0.5) is 0 Å². The summed E-state index contributed by atoms with van der Waals surface area (Å²) in [6.45, 7) is 4.68. The van der Waals surface area contributed by atoms with Crippen molar-refractivity contribution in [3.8, 4) is 5.75 Å². The van der Waals surface area contributed by atoms with Crippen LogP contribution in [-0.2, 0) is 19.5 Å². The molecule has 3 aromatic carbocycles. The number of aromatic carboxylic acids is 1. The first-order valence-electron chi connectivity index (χ1n) is 11.7. The van der Waals surface area contributed by atoms with E-state index in [2.05, 4.69) is 52.3 Å². The fraction of sp³-hybridized carbons (Fsp3) is 0.321. The lowest BCUT2D eigenvalue weighted by Crippen LogP contribution is -2.45. The van der Waals surface area contributed by atoms with Gasteiger partial charge in [-0.05, 0) is 47.4 Å². The Labute approximate surface area is 195 Å². The molecule has 33 heavy (non-hydrogen) atoms. The molecule has 0 spiro atoms. The molecule has 3 aromatic rings. The average molecular weight is 443 g/mol. The van der Waals surface area contributed by atoms with Gasteiger partial charge in [-0.3, -0.25) is 9.80 Å². The van der Waals surface area contributed by atoms with Crippen molar-refractivity contribution < 1.29 is 14.6 Å². The van der Waals surface area contributed by atoms with Gasteiger partial charge >= 0.3 is 5.97 Å². The topological polar surface area (TPSA) is 53.0 Å². The highest BCUT2D eigenvalue weighted by Gasteiger charge is 2.42. The zero-order valence-corrected chi connectivity index (χ0v) is 18.8. The van der Waals surface area contributed by atoms with E-state index in [1.807, 2.05) is 24.3 Å². The number of ether oxygens (including phenoxy) is 1. The molecular formula is C28H30N2O3. The number of benzene rings is 3. The summed E-state index contributed by atoms with van der Waals surface area (Å²) in [7, 11) is 0. The van der Waals surface area contributed by atoms with Gasteiger partial charge in [0.25, 0.3) is 0 Å². The van der Waals surface area contributed by atoms with Gasteiger partial charge in [0, 0.05) is 44.7 Å². The Morgan fingerprint density at radius 2 is 1.48 bits per heavy atom. The maximum absolute atomic E-state index is 11.1. The number of fused-ring (bicyclic) bond motifs is 2. The molecule has 5 nitrogen and oxygen atoms in total. The third-order valence-corrected chi connectivity index (χ3v) is 6.84. The van der Waals surface area contributed by atoms with Gasteiger partial charge in [0.2, 0.25) is 0 Å². The number of nitrogens with zero attached hydrogens (tertiary/aromatic N) is 2. The van der Waals surface area contributed by atoms with Crippen LogP contribution in [0.15, 0.2) is 78.9 Å². The van der Waals surface area contributed by atoms with E-state index in [0.29, 0.717) is 24.3 Å². The Hall–Kier alpha value is -3.15. The van der Waals surface area contributed by atoms with Gasteiger partial charge in [-0.25, -0.2) is 4.79 Å². The first-order chi connectivity index (χ1) is 16.1. The highest BCUT2D eigenvalue weighted by atomic mass is 16.5. The van der Waals surface area contributed by atoms with Crippen molar-refractivity contribution in [2.45, 2.75) is 38.0 Å². The Kier molecular flexibility index (Phi) is 6.42. The van der Waals surface area contributed by atoms with Gasteiger partial charge in [0.15, 0.2) is 0 Å². The van der Waals surface area contributed by atoms with E-state index < -0.39 is 5.97 Å². The van der Waals surface area contributed by atoms with E-state index in [4.69, 9.17) is 9.84 Å². The van der Waals surface area contributed by atoms with Crippen LogP contribution in [0.3, 0.4) is 0 Å². The van der Waals surface area contributed by atoms with E-state index in [9.17, 15) is 4.79 Å². The first-order valence-corrected chi connectivity index (χ1v) is 11.7. The fourth-order valence-corrected chi connectivity index (χ4v) is 5.11. The lowest BCUT2D eigenvalue weighted by Gasteiger charge is -2.34. The van der Waals surface area contributed by atoms with Crippen LogP contribution in [0.2, 0.25) is 0 Å². The highest BCUT2D eigenvalue weighted by molar-refractivity contribution is 5.87. The van der Waals surface area contributed by atoms with Crippen molar-refractivity contribution in [1.82, 2.24) is 9.80 Å². The lowest BCUT2D eigenvalue weighted by atomic mass is 10.1. The van der Waals surface area contributed by atoms with E-state index in [-0.39, 0.29) is 0 Å². The van der Waals surface area contributed by atoms with Crippen molar-refractivity contribution >= 4 is 5.97 Å². The molecule has 5 rings (SSSR count). The van der Waals surface area contributed by atoms with Gasteiger partial charge in [-0.2, -0.15) is 0 Å².